The fraction of sp³-hybridized carbons (Fsp3) is 0.194. The first kappa shape index (κ1) is 25.6. The molecule has 5 aromatic rings. The smallest absolute Gasteiger partial charge is 0.221 e. The average Bonchev–Trinajstić information content (AvgIpc) is 3.56. The molecule has 1 aliphatic carbocycles. The summed E-state index contributed by atoms with van der Waals surface area (Å²) in [6.45, 7) is 1.83. The Morgan fingerprint density at radius 2 is 1.56 bits per heavy atom. The van der Waals surface area contributed by atoms with Gasteiger partial charge in [0.25, 0.3) is 0 Å². The molecule has 0 atom stereocenters. The minimum Gasteiger partial charge on any atom is -0.390 e. The molecule has 0 saturated heterocycles. The van der Waals surface area contributed by atoms with Crippen LogP contribution in [0.25, 0.3) is 42.2 Å². The fourth-order valence-corrected chi connectivity index (χ4v) is 7.40. The molecule has 0 aliphatic heterocycles. The van der Waals surface area contributed by atoms with E-state index in [2.05, 4.69) is 41.4 Å². The van der Waals surface area contributed by atoms with Crippen LogP contribution in [-0.2, 0) is 16.8 Å². The number of thiazole rings is 2. The van der Waals surface area contributed by atoms with Gasteiger partial charge in [-0.2, -0.15) is 0 Å². The molecule has 0 radical (unpaired) electrons. The summed E-state index contributed by atoms with van der Waals surface area (Å²) in [4.78, 5) is 23.1. The van der Waals surface area contributed by atoms with E-state index in [9.17, 15) is 9.90 Å². The van der Waals surface area contributed by atoms with E-state index in [1.54, 1.807) is 22.7 Å². The highest BCUT2D eigenvalue weighted by Gasteiger charge is 2.49. The van der Waals surface area contributed by atoms with Crippen LogP contribution in [0.4, 0.5) is 0 Å². The molecular formula is C31H28N4O2S2. The molecule has 2 aromatic heterocycles. The van der Waals surface area contributed by atoms with Crippen molar-refractivity contribution < 1.29 is 9.90 Å². The van der Waals surface area contributed by atoms with E-state index in [-0.39, 0.29) is 12.3 Å². The number of amides is 1. The van der Waals surface area contributed by atoms with Crippen LogP contribution in [0.2, 0.25) is 0 Å². The maximum Gasteiger partial charge on any atom is 0.221 e. The molecule has 0 unspecified atom stereocenters. The molecule has 1 fully saturated rings. The van der Waals surface area contributed by atoms with E-state index >= 15 is 0 Å². The average molecular weight is 553 g/mol. The Hall–Kier alpha value is -3.69. The van der Waals surface area contributed by atoms with E-state index in [0.717, 1.165) is 53.3 Å². The summed E-state index contributed by atoms with van der Waals surface area (Å²) in [5, 5.41) is 12.0. The number of rotatable bonds is 7. The summed E-state index contributed by atoms with van der Waals surface area (Å²) >= 11 is 3.25. The van der Waals surface area contributed by atoms with Gasteiger partial charge in [-0.15, -0.1) is 22.7 Å². The lowest BCUT2D eigenvalue weighted by Gasteiger charge is -2.49. The Balaban J connectivity index is 1.33. The number of carbonyl (C=O) groups is 1. The summed E-state index contributed by atoms with van der Waals surface area (Å²) < 4.78 is 0. The van der Waals surface area contributed by atoms with Crippen LogP contribution in [0.15, 0.2) is 85.1 Å². The van der Waals surface area contributed by atoms with Gasteiger partial charge in [0.15, 0.2) is 0 Å². The zero-order chi connectivity index (χ0) is 27.2. The van der Waals surface area contributed by atoms with Crippen molar-refractivity contribution in [2.45, 2.75) is 37.3 Å². The lowest BCUT2D eigenvalue weighted by Crippen LogP contribution is -2.58. The summed E-state index contributed by atoms with van der Waals surface area (Å²) in [6.07, 6.45) is 3.20. The minimum absolute atomic E-state index is 0.224. The lowest BCUT2D eigenvalue weighted by atomic mass is 9.63. The molecule has 0 bridgehead atoms. The highest BCUT2D eigenvalue weighted by Crippen LogP contribution is 2.47. The van der Waals surface area contributed by atoms with E-state index in [1.807, 2.05) is 55.6 Å². The van der Waals surface area contributed by atoms with Gasteiger partial charge >= 0.3 is 0 Å². The molecule has 1 saturated carbocycles. The predicted octanol–water partition coefficient (Wildman–Crippen LogP) is 5.99. The van der Waals surface area contributed by atoms with Crippen molar-refractivity contribution in [2.75, 3.05) is 0 Å². The number of hydrogen-bond acceptors (Lipinski definition) is 7. The number of hydrogen-bond donors (Lipinski definition) is 3. The summed E-state index contributed by atoms with van der Waals surface area (Å²) in [5.41, 5.74) is 16.6. The molecule has 1 amide bonds. The third-order valence-electron chi connectivity index (χ3n) is 7.08. The first-order valence-electron chi connectivity index (χ1n) is 12.7. The van der Waals surface area contributed by atoms with Crippen LogP contribution in [0.1, 0.15) is 30.9 Å². The fourth-order valence-electron chi connectivity index (χ4n) is 5.35. The van der Waals surface area contributed by atoms with Crippen LogP contribution < -0.4 is 11.5 Å². The molecule has 1 aliphatic rings. The maximum atomic E-state index is 11.2. The highest BCUT2D eigenvalue weighted by atomic mass is 32.1. The molecular weight excluding hydrogens is 525 g/mol. The van der Waals surface area contributed by atoms with Gasteiger partial charge < -0.3 is 16.6 Å². The Bertz CT molecular complexity index is 1630. The topological polar surface area (TPSA) is 115 Å². The van der Waals surface area contributed by atoms with Crippen molar-refractivity contribution in [1.82, 2.24) is 9.97 Å². The van der Waals surface area contributed by atoms with Gasteiger partial charge in [0, 0.05) is 22.9 Å². The third kappa shape index (κ3) is 5.16. The second-order valence-electron chi connectivity index (χ2n) is 10.5. The standard InChI is InChI=1S/C31H28N4O2S2/c1-30(37)17-31(33,18-30)23-13-11-20(12-14-23)26-27(21-5-3-2-4-6-21)39-29(35-26)24-16-34-28(38-24)22-9-7-19(8-10-22)15-25(32)36/h2-14,16,37H,15,17-18,33H2,1H3,(H2,32,36). The summed E-state index contributed by atoms with van der Waals surface area (Å²) in [5.74, 6) is -0.346. The molecule has 39 heavy (non-hydrogen) atoms. The van der Waals surface area contributed by atoms with Gasteiger partial charge in [-0.25, -0.2) is 9.97 Å². The van der Waals surface area contributed by atoms with Crippen LogP contribution in [0.5, 0.6) is 0 Å². The van der Waals surface area contributed by atoms with Crippen molar-refractivity contribution in [2.24, 2.45) is 11.5 Å². The monoisotopic (exact) mass is 552 g/mol. The second kappa shape index (κ2) is 9.81. The highest BCUT2D eigenvalue weighted by molar-refractivity contribution is 7.25. The molecule has 2 heterocycles. The zero-order valence-electron chi connectivity index (χ0n) is 21.4. The third-order valence-corrected chi connectivity index (χ3v) is 9.40. The van der Waals surface area contributed by atoms with Crippen molar-refractivity contribution in [3.8, 4) is 42.2 Å². The quantitative estimate of drug-likeness (QED) is 0.229. The van der Waals surface area contributed by atoms with Gasteiger partial charge in [0.1, 0.15) is 10.0 Å². The maximum absolute atomic E-state index is 11.2. The first-order valence-corrected chi connectivity index (χ1v) is 14.3. The molecule has 196 valence electrons. The number of nitrogens with zero attached hydrogens (tertiary/aromatic N) is 2. The van der Waals surface area contributed by atoms with Crippen molar-refractivity contribution in [3.05, 3.63) is 96.2 Å². The van der Waals surface area contributed by atoms with Crippen molar-refractivity contribution in [1.29, 1.82) is 0 Å². The van der Waals surface area contributed by atoms with E-state index in [0.29, 0.717) is 12.8 Å². The molecule has 5 N–H and O–H groups in total. The Morgan fingerprint density at radius 3 is 2.21 bits per heavy atom. The van der Waals surface area contributed by atoms with E-state index < -0.39 is 11.1 Å². The number of aliphatic hydroxyl groups is 1. The zero-order valence-corrected chi connectivity index (χ0v) is 23.1. The number of carbonyl (C=O) groups excluding carboxylic acids is 1. The molecule has 3 aromatic carbocycles. The van der Waals surface area contributed by atoms with Gasteiger partial charge in [-0.3, -0.25) is 4.79 Å². The van der Waals surface area contributed by atoms with Gasteiger partial charge in [-0.1, -0.05) is 78.9 Å². The first-order chi connectivity index (χ1) is 18.7. The molecule has 6 rings (SSSR count). The van der Waals surface area contributed by atoms with Crippen molar-refractivity contribution in [3.63, 3.8) is 0 Å². The van der Waals surface area contributed by atoms with Gasteiger partial charge in [0.2, 0.25) is 5.91 Å². The van der Waals surface area contributed by atoms with Crippen LogP contribution in [0.3, 0.4) is 0 Å². The number of aromatic nitrogens is 2. The second-order valence-corrected chi connectivity index (χ2v) is 12.5. The van der Waals surface area contributed by atoms with E-state index in [4.69, 9.17) is 16.5 Å². The largest absolute Gasteiger partial charge is 0.390 e. The molecule has 0 spiro atoms. The van der Waals surface area contributed by atoms with E-state index in [1.165, 1.54) is 0 Å². The number of benzene rings is 3. The van der Waals surface area contributed by atoms with Crippen LogP contribution in [-0.4, -0.2) is 26.6 Å². The summed E-state index contributed by atoms with van der Waals surface area (Å²) in [6, 6.07) is 26.3. The molecule has 6 nitrogen and oxygen atoms in total. The number of primary amides is 1. The van der Waals surface area contributed by atoms with Crippen LogP contribution in [0, 0.1) is 0 Å². The molecule has 8 heteroatoms. The van der Waals surface area contributed by atoms with Gasteiger partial charge in [0.05, 0.1) is 27.5 Å². The van der Waals surface area contributed by atoms with Gasteiger partial charge in [-0.05, 0) is 36.5 Å². The Labute approximate surface area is 235 Å². The SMILES string of the molecule is CC1(O)CC(N)(c2ccc(-c3nc(-c4cnc(-c5ccc(CC(N)=O)cc5)s4)sc3-c3ccccc3)cc2)C1. The lowest BCUT2D eigenvalue weighted by molar-refractivity contribution is -0.117. The Morgan fingerprint density at radius 1 is 0.897 bits per heavy atom. The normalized spacial score (nSPS) is 20.5. The Kier molecular flexibility index (Phi) is 6.43. The summed E-state index contributed by atoms with van der Waals surface area (Å²) in [7, 11) is 0. The van der Waals surface area contributed by atoms with Crippen LogP contribution >= 0.6 is 22.7 Å². The predicted molar refractivity (Wildman–Crippen MR) is 158 cm³/mol. The minimum atomic E-state index is -0.698. The van der Waals surface area contributed by atoms with Crippen molar-refractivity contribution >= 4 is 28.6 Å². The number of nitrogens with two attached hydrogens (primary N) is 2.